The van der Waals surface area contributed by atoms with Crippen molar-refractivity contribution in [1.82, 2.24) is 10.6 Å². The predicted molar refractivity (Wildman–Crippen MR) is 77.3 cm³/mol. The lowest BCUT2D eigenvalue weighted by Gasteiger charge is -2.17. The molecule has 0 bridgehead atoms. The molecule has 0 aliphatic carbocycles. The van der Waals surface area contributed by atoms with Gasteiger partial charge in [0.2, 0.25) is 5.91 Å². The zero-order chi connectivity index (χ0) is 15.0. The average Bonchev–Trinajstić information content (AvgIpc) is 2.43. The summed E-state index contributed by atoms with van der Waals surface area (Å²) >= 11 is 0. The van der Waals surface area contributed by atoms with Gasteiger partial charge in [0.25, 0.3) is 0 Å². The molecule has 2 N–H and O–H groups in total. The van der Waals surface area contributed by atoms with Gasteiger partial charge < -0.3 is 15.4 Å². The summed E-state index contributed by atoms with van der Waals surface area (Å²) in [5.41, 5.74) is 0.924. The van der Waals surface area contributed by atoms with Gasteiger partial charge in [-0.1, -0.05) is 13.0 Å². The number of ether oxygens (including phenoxy) is 1. The second-order valence-electron chi connectivity index (χ2n) is 4.59. The van der Waals surface area contributed by atoms with Crippen molar-refractivity contribution in [2.45, 2.75) is 32.7 Å². The monoisotopic (exact) mass is 282 g/mol. The van der Waals surface area contributed by atoms with E-state index in [0.717, 1.165) is 12.1 Å². The summed E-state index contributed by atoms with van der Waals surface area (Å²) in [7, 11) is 1.60. The Morgan fingerprint density at radius 1 is 1.45 bits per heavy atom. The Kier molecular flexibility index (Phi) is 7.01. The number of halogens is 1. The largest absolute Gasteiger partial charge is 0.493 e. The van der Waals surface area contributed by atoms with E-state index in [0.29, 0.717) is 25.2 Å². The van der Waals surface area contributed by atoms with Crippen molar-refractivity contribution in [2.24, 2.45) is 0 Å². The van der Waals surface area contributed by atoms with Gasteiger partial charge >= 0.3 is 0 Å². The summed E-state index contributed by atoms with van der Waals surface area (Å²) in [4.78, 5) is 11.1. The van der Waals surface area contributed by atoms with Crippen molar-refractivity contribution in [3.05, 3.63) is 29.6 Å². The third kappa shape index (κ3) is 5.17. The molecule has 0 saturated carbocycles. The quantitative estimate of drug-likeness (QED) is 0.720. The second-order valence-corrected chi connectivity index (χ2v) is 4.59. The number of rotatable bonds is 8. The maximum absolute atomic E-state index is 13.3. The summed E-state index contributed by atoms with van der Waals surface area (Å²) in [5, 5.41) is 5.83. The molecular weight excluding hydrogens is 259 g/mol. The third-order valence-corrected chi connectivity index (χ3v) is 3.04. The molecule has 112 valence electrons. The number of carbonyl (C=O) groups is 1. The first-order chi connectivity index (χ1) is 9.58. The van der Waals surface area contributed by atoms with Crippen molar-refractivity contribution < 1.29 is 13.9 Å². The zero-order valence-electron chi connectivity index (χ0n) is 12.3. The van der Waals surface area contributed by atoms with Crippen molar-refractivity contribution in [3.63, 3.8) is 0 Å². The minimum Gasteiger partial charge on any atom is -0.493 e. The summed E-state index contributed by atoms with van der Waals surface area (Å²) in [6.07, 6.45) is 1.01. The molecular formula is C15H23FN2O2. The first kappa shape index (κ1) is 16.4. The fourth-order valence-corrected chi connectivity index (χ4v) is 1.95. The van der Waals surface area contributed by atoms with E-state index >= 15 is 0 Å². The van der Waals surface area contributed by atoms with Crippen molar-refractivity contribution >= 4 is 5.91 Å². The van der Waals surface area contributed by atoms with Gasteiger partial charge in [-0.2, -0.15) is 0 Å². The van der Waals surface area contributed by atoms with Crippen LogP contribution in [0.3, 0.4) is 0 Å². The van der Waals surface area contributed by atoms with E-state index in [-0.39, 0.29) is 17.8 Å². The highest BCUT2D eigenvalue weighted by molar-refractivity contribution is 5.75. The van der Waals surface area contributed by atoms with Crippen LogP contribution in [0, 0.1) is 5.82 Å². The second kappa shape index (κ2) is 8.53. The summed E-state index contributed by atoms with van der Waals surface area (Å²) in [5.74, 6) is 0.197. The van der Waals surface area contributed by atoms with Crippen LogP contribution >= 0.6 is 0 Å². The predicted octanol–water partition coefficient (Wildman–Crippen LogP) is 2.40. The van der Waals surface area contributed by atoms with Gasteiger partial charge in [-0.25, -0.2) is 4.39 Å². The van der Waals surface area contributed by atoms with Crippen molar-refractivity contribution in [3.8, 4) is 5.75 Å². The number of carbonyl (C=O) groups excluding carboxylic acids is 1. The lowest BCUT2D eigenvalue weighted by molar-refractivity contribution is -0.120. The number of amides is 1. The van der Waals surface area contributed by atoms with Crippen LogP contribution in [0.1, 0.15) is 38.3 Å². The minimum atomic E-state index is -0.321. The number of nitrogens with one attached hydrogen (secondary N) is 2. The van der Waals surface area contributed by atoms with E-state index in [1.165, 1.54) is 12.1 Å². The third-order valence-electron chi connectivity index (χ3n) is 3.04. The molecule has 0 aliphatic heterocycles. The van der Waals surface area contributed by atoms with Gasteiger partial charge in [-0.3, -0.25) is 4.79 Å². The molecule has 0 saturated heterocycles. The average molecular weight is 282 g/mol. The smallest absolute Gasteiger partial charge is 0.219 e. The topological polar surface area (TPSA) is 50.4 Å². The lowest BCUT2D eigenvalue weighted by Crippen LogP contribution is -2.19. The van der Waals surface area contributed by atoms with Gasteiger partial charge in [0.1, 0.15) is 11.6 Å². The molecule has 1 atom stereocenters. The lowest BCUT2D eigenvalue weighted by atomic mass is 10.1. The molecule has 0 radical (unpaired) electrons. The Morgan fingerprint density at radius 2 is 2.20 bits per heavy atom. The van der Waals surface area contributed by atoms with Gasteiger partial charge in [-0.05, 0) is 26.0 Å². The molecule has 0 aromatic heterocycles. The molecule has 0 fully saturated rings. The molecule has 0 aliphatic rings. The fourth-order valence-electron chi connectivity index (χ4n) is 1.95. The Labute approximate surface area is 119 Å². The maximum Gasteiger partial charge on any atom is 0.219 e. The molecule has 4 nitrogen and oxygen atoms in total. The maximum atomic E-state index is 13.3. The van der Waals surface area contributed by atoms with Crippen LogP contribution in [0.25, 0.3) is 0 Å². The number of hydrogen-bond donors (Lipinski definition) is 2. The fraction of sp³-hybridized carbons (Fsp3) is 0.533. The van der Waals surface area contributed by atoms with E-state index < -0.39 is 0 Å². The molecule has 1 aromatic rings. The first-order valence-electron chi connectivity index (χ1n) is 6.94. The van der Waals surface area contributed by atoms with Crippen LogP contribution in [0.5, 0.6) is 5.75 Å². The normalized spacial score (nSPS) is 12.0. The van der Waals surface area contributed by atoms with Crippen LogP contribution in [-0.2, 0) is 4.79 Å². The highest BCUT2D eigenvalue weighted by atomic mass is 19.1. The van der Waals surface area contributed by atoms with E-state index in [4.69, 9.17) is 4.74 Å². The molecule has 0 heterocycles. The molecule has 0 spiro atoms. The van der Waals surface area contributed by atoms with Gasteiger partial charge in [0.15, 0.2) is 0 Å². The van der Waals surface area contributed by atoms with Crippen LogP contribution in [-0.4, -0.2) is 26.1 Å². The van der Waals surface area contributed by atoms with Crippen LogP contribution in [0.2, 0.25) is 0 Å². The Hall–Kier alpha value is -1.62. The SMILES string of the molecule is CCNC(C)c1ccc(F)cc1OCCCC(=O)NC. The number of hydrogen-bond acceptors (Lipinski definition) is 3. The molecule has 1 aromatic carbocycles. The Bertz CT molecular complexity index is 438. The highest BCUT2D eigenvalue weighted by Gasteiger charge is 2.12. The first-order valence-corrected chi connectivity index (χ1v) is 6.94. The zero-order valence-corrected chi connectivity index (χ0v) is 12.3. The number of benzene rings is 1. The molecule has 1 rings (SSSR count). The van der Waals surface area contributed by atoms with E-state index in [1.54, 1.807) is 13.1 Å². The van der Waals surface area contributed by atoms with Gasteiger partial charge in [0, 0.05) is 31.1 Å². The highest BCUT2D eigenvalue weighted by Crippen LogP contribution is 2.26. The Balaban J connectivity index is 2.62. The van der Waals surface area contributed by atoms with Crippen molar-refractivity contribution in [2.75, 3.05) is 20.2 Å². The van der Waals surface area contributed by atoms with Crippen LogP contribution < -0.4 is 15.4 Å². The Morgan fingerprint density at radius 3 is 2.85 bits per heavy atom. The van der Waals surface area contributed by atoms with E-state index in [1.807, 2.05) is 13.8 Å². The van der Waals surface area contributed by atoms with Gasteiger partial charge in [-0.15, -0.1) is 0 Å². The minimum absolute atomic E-state index is 0.0194. The van der Waals surface area contributed by atoms with E-state index in [9.17, 15) is 9.18 Å². The summed E-state index contributed by atoms with van der Waals surface area (Å²) in [6.45, 7) is 5.25. The van der Waals surface area contributed by atoms with Crippen LogP contribution in [0.15, 0.2) is 18.2 Å². The molecule has 5 heteroatoms. The molecule has 1 amide bonds. The summed E-state index contributed by atoms with van der Waals surface area (Å²) in [6, 6.07) is 4.65. The van der Waals surface area contributed by atoms with E-state index in [2.05, 4.69) is 10.6 Å². The molecule has 1 unspecified atom stereocenters. The molecule has 20 heavy (non-hydrogen) atoms. The standard InChI is InChI=1S/C15H23FN2O2/c1-4-18-11(2)13-8-7-12(16)10-14(13)20-9-5-6-15(19)17-3/h7-8,10-11,18H,4-6,9H2,1-3H3,(H,17,19). The summed E-state index contributed by atoms with van der Waals surface area (Å²) < 4.78 is 18.9. The van der Waals surface area contributed by atoms with Crippen molar-refractivity contribution in [1.29, 1.82) is 0 Å². The van der Waals surface area contributed by atoms with Crippen LogP contribution in [0.4, 0.5) is 4.39 Å². The van der Waals surface area contributed by atoms with Gasteiger partial charge in [0.05, 0.1) is 6.61 Å².